The number of hydrogen-bond donors (Lipinski definition) is 0. The van der Waals surface area contributed by atoms with Gasteiger partial charge in [0.15, 0.2) is 0 Å². The highest BCUT2D eigenvalue weighted by atomic mass is 79.9. The Kier molecular flexibility index (Phi) is 7.00. The van der Waals surface area contributed by atoms with E-state index in [1.807, 2.05) is 54.6 Å². The molecule has 1 atom stereocenters. The van der Waals surface area contributed by atoms with Crippen LogP contribution in [0.2, 0.25) is 0 Å². The second-order valence-corrected chi connectivity index (χ2v) is 6.12. The molecule has 24 heavy (non-hydrogen) atoms. The van der Waals surface area contributed by atoms with Crippen LogP contribution >= 0.6 is 15.9 Å². The third kappa shape index (κ3) is 5.49. The van der Waals surface area contributed by atoms with Gasteiger partial charge in [0.25, 0.3) is 0 Å². The fraction of sp³-hybridized carbons (Fsp3) is 0.263. The Bertz CT molecular complexity index is 668. The Hall–Kier alpha value is -2.14. The van der Waals surface area contributed by atoms with Gasteiger partial charge in [0.2, 0.25) is 0 Å². The minimum absolute atomic E-state index is 0.0423. The highest BCUT2D eigenvalue weighted by Crippen LogP contribution is 2.22. The van der Waals surface area contributed by atoms with Crippen LogP contribution in [0, 0.1) is 0 Å². The minimum Gasteiger partial charge on any atom is -0.466 e. The highest BCUT2D eigenvalue weighted by Gasteiger charge is 2.25. The van der Waals surface area contributed by atoms with E-state index in [1.54, 1.807) is 6.92 Å². The summed E-state index contributed by atoms with van der Waals surface area (Å²) >= 11 is 3.36. The summed E-state index contributed by atoms with van der Waals surface area (Å²) in [5.41, 5.74) is 1.63. The van der Waals surface area contributed by atoms with Gasteiger partial charge in [0.1, 0.15) is 6.61 Å². The van der Waals surface area contributed by atoms with E-state index in [2.05, 4.69) is 15.9 Å². The Morgan fingerprint density at radius 3 is 2.29 bits per heavy atom. The Labute approximate surface area is 149 Å². The van der Waals surface area contributed by atoms with Crippen molar-refractivity contribution < 1.29 is 19.1 Å². The molecular formula is C19H19BrO4. The van der Waals surface area contributed by atoms with Gasteiger partial charge >= 0.3 is 11.9 Å². The summed E-state index contributed by atoms with van der Waals surface area (Å²) in [7, 11) is 0. The van der Waals surface area contributed by atoms with E-state index in [0.29, 0.717) is 0 Å². The molecule has 0 N–H and O–H groups in total. The van der Waals surface area contributed by atoms with Gasteiger partial charge in [-0.15, -0.1) is 0 Å². The molecule has 0 heterocycles. The topological polar surface area (TPSA) is 52.6 Å². The van der Waals surface area contributed by atoms with Gasteiger partial charge < -0.3 is 9.47 Å². The number of benzene rings is 2. The normalized spacial score (nSPS) is 11.6. The number of esters is 2. The summed E-state index contributed by atoms with van der Waals surface area (Å²) in [4.78, 5) is 24.3. The van der Waals surface area contributed by atoms with Crippen LogP contribution in [0.3, 0.4) is 0 Å². The fourth-order valence-corrected chi connectivity index (χ4v) is 2.50. The maximum atomic E-state index is 12.2. The minimum atomic E-state index is -0.649. The zero-order valence-electron chi connectivity index (χ0n) is 13.4. The molecule has 0 saturated heterocycles. The van der Waals surface area contributed by atoms with Crippen molar-refractivity contribution in [3.8, 4) is 0 Å². The molecular weight excluding hydrogens is 372 g/mol. The van der Waals surface area contributed by atoms with Crippen molar-refractivity contribution in [3.63, 3.8) is 0 Å². The van der Waals surface area contributed by atoms with Crippen molar-refractivity contribution in [1.29, 1.82) is 0 Å². The third-order valence-corrected chi connectivity index (χ3v) is 3.99. The first kappa shape index (κ1) is 18.2. The van der Waals surface area contributed by atoms with Crippen LogP contribution in [0.15, 0.2) is 59.1 Å². The largest absolute Gasteiger partial charge is 0.466 e. The van der Waals surface area contributed by atoms with Gasteiger partial charge in [-0.2, -0.15) is 0 Å². The third-order valence-electron chi connectivity index (χ3n) is 3.46. The number of rotatable bonds is 7. The average Bonchev–Trinajstić information content (AvgIpc) is 2.60. The summed E-state index contributed by atoms with van der Waals surface area (Å²) in [6, 6.07) is 16.6. The molecule has 2 aromatic rings. The lowest BCUT2D eigenvalue weighted by Gasteiger charge is -2.15. The van der Waals surface area contributed by atoms with Crippen LogP contribution in [0.5, 0.6) is 0 Å². The fourth-order valence-electron chi connectivity index (χ4n) is 2.24. The monoisotopic (exact) mass is 390 g/mol. The van der Waals surface area contributed by atoms with Crippen LogP contribution in [-0.2, 0) is 25.7 Å². The van der Waals surface area contributed by atoms with Crippen molar-refractivity contribution in [2.75, 3.05) is 6.61 Å². The van der Waals surface area contributed by atoms with Gasteiger partial charge in [-0.25, -0.2) is 0 Å². The zero-order valence-corrected chi connectivity index (χ0v) is 15.0. The Morgan fingerprint density at radius 2 is 1.67 bits per heavy atom. The molecule has 0 aliphatic carbocycles. The summed E-state index contributed by atoms with van der Waals surface area (Å²) in [5.74, 6) is -1.49. The lowest BCUT2D eigenvalue weighted by molar-refractivity contribution is -0.152. The molecule has 2 aromatic carbocycles. The summed E-state index contributed by atoms with van der Waals surface area (Å²) in [5, 5.41) is 0. The molecule has 0 fully saturated rings. The van der Waals surface area contributed by atoms with Crippen LogP contribution in [0.25, 0.3) is 0 Å². The number of halogens is 1. The van der Waals surface area contributed by atoms with E-state index < -0.39 is 17.9 Å². The number of hydrogen-bond acceptors (Lipinski definition) is 4. The smallest absolute Gasteiger partial charge is 0.313 e. The van der Waals surface area contributed by atoms with Crippen molar-refractivity contribution in [2.45, 2.75) is 25.9 Å². The SMILES string of the molecule is CCOC(=O)[C@@H](CC(=O)OCc1ccc(Br)cc1)c1ccccc1. The van der Waals surface area contributed by atoms with Gasteiger partial charge in [-0.1, -0.05) is 58.4 Å². The predicted octanol–water partition coefficient (Wildman–Crippen LogP) is 4.23. The van der Waals surface area contributed by atoms with Crippen molar-refractivity contribution in [3.05, 3.63) is 70.2 Å². The Morgan fingerprint density at radius 1 is 1.00 bits per heavy atom. The van der Waals surface area contributed by atoms with E-state index in [-0.39, 0.29) is 19.6 Å². The maximum absolute atomic E-state index is 12.2. The average molecular weight is 391 g/mol. The van der Waals surface area contributed by atoms with Crippen molar-refractivity contribution in [1.82, 2.24) is 0 Å². The second kappa shape index (κ2) is 9.23. The predicted molar refractivity (Wildman–Crippen MR) is 94.4 cm³/mol. The summed E-state index contributed by atoms with van der Waals surface area (Å²) in [6.45, 7) is 2.19. The second-order valence-electron chi connectivity index (χ2n) is 5.21. The van der Waals surface area contributed by atoms with Crippen LogP contribution in [0.1, 0.15) is 30.4 Å². The molecule has 2 rings (SSSR count). The van der Waals surface area contributed by atoms with Crippen LogP contribution in [-0.4, -0.2) is 18.5 Å². The number of carbonyl (C=O) groups excluding carboxylic acids is 2. The molecule has 0 spiro atoms. The zero-order chi connectivity index (χ0) is 17.4. The molecule has 0 amide bonds. The molecule has 5 heteroatoms. The van der Waals surface area contributed by atoms with Crippen LogP contribution < -0.4 is 0 Å². The summed E-state index contributed by atoms with van der Waals surface area (Å²) < 4.78 is 11.3. The van der Waals surface area contributed by atoms with Crippen LogP contribution in [0.4, 0.5) is 0 Å². The molecule has 0 bridgehead atoms. The van der Waals surface area contributed by atoms with Gasteiger partial charge in [-0.3, -0.25) is 9.59 Å². The molecule has 0 saturated carbocycles. The number of ether oxygens (including phenoxy) is 2. The maximum Gasteiger partial charge on any atom is 0.313 e. The highest BCUT2D eigenvalue weighted by molar-refractivity contribution is 9.10. The molecule has 0 aromatic heterocycles. The molecule has 126 valence electrons. The van der Waals surface area contributed by atoms with E-state index in [0.717, 1.165) is 15.6 Å². The van der Waals surface area contributed by atoms with Crippen molar-refractivity contribution in [2.24, 2.45) is 0 Å². The van der Waals surface area contributed by atoms with E-state index in [4.69, 9.17) is 9.47 Å². The van der Waals surface area contributed by atoms with Gasteiger partial charge in [-0.05, 0) is 30.2 Å². The van der Waals surface area contributed by atoms with E-state index >= 15 is 0 Å². The van der Waals surface area contributed by atoms with Crippen molar-refractivity contribution >= 4 is 27.9 Å². The summed E-state index contributed by atoms with van der Waals surface area (Å²) in [6.07, 6.45) is -0.0423. The molecule has 0 aliphatic rings. The quantitative estimate of drug-likeness (QED) is 0.663. The standard InChI is InChI=1S/C19H19BrO4/c1-2-23-19(22)17(15-6-4-3-5-7-15)12-18(21)24-13-14-8-10-16(20)11-9-14/h3-11,17H,2,12-13H2,1H3/t17-/m0/s1. The first-order valence-electron chi connectivity index (χ1n) is 7.71. The first-order valence-corrected chi connectivity index (χ1v) is 8.51. The lowest BCUT2D eigenvalue weighted by Crippen LogP contribution is -2.20. The van der Waals surface area contributed by atoms with E-state index in [9.17, 15) is 9.59 Å². The van der Waals surface area contributed by atoms with Gasteiger partial charge in [0, 0.05) is 4.47 Å². The molecule has 0 unspecified atom stereocenters. The first-order chi connectivity index (χ1) is 11.6. The number of carbonyl (C=O) groups is 2. The van der Waals surface area contributed by atoms with E-state index in [1.165, 1.54) is 0 Å². The molecule has 0 radical (unpaired) electrons. The van der Waals surface area contributed by atoms with Gasteiger partial charge in [0.05, 0.1) is 18.9 Å². The Balaban J connectivity index is 1.99. The molecule has 0 aliphatic heterocycles. The lowest BCUT2D eigenvalue weighted by atomic mass is 9.96. The molecule has 4 nitrogen and oxygen atoms in total.